The van der Waals surface area contributed by atoms with Crippen LogP contribution in [-0.4, -0.2) is 22.8 Å². The van der Waals surface area contributed by atoms with Crippen LogP contribution in [0.5, 0.6) is 0 Å². The Morgan fingerprint density at radius 3 is 2.23 bits per heavy atom. The molecule has 0 atom stereocenters. The summed E-state index contributed by atoms with van der Waals surface area (Å²) in [6.07, 6.45) is 0. The number of amides is 1. The molecule has 3 nitrogen and oxygen atoms in total. The van der Waals surface area contributed by atoms with E-state index in [2.05, 4.69) is 50.0 Å². The molecule has 1 heterocycles. The summed E-state index contributed by atoms with van der Waals surface area (Å²) in [6.45, 7) is 11.0. The SMILES string of the molecule is Cc1nc(C)c(C(=O)N(C)Cc2ccc(C(C)(C)C)cc2)s1. The van der Waals surface area contributed by atoms with E-state index in [1.54, 1.807) is 4.90 Å². The van der Waals surface area contributed by atoms with Gasteiger partial charge in [0, 0.05) is 13.6 Å². The quantitative estimate of drug-likeness (QED) is 0.844. The molecule has 0 aliphatic carbocycles. The van der Waals surface area contributed by atoms with Crippen molar-refractivity contribution >= 4 is 17.2 Å². The highest BCUT2D eigenvalue weighted by molar-refractivity contribution is 7.13. The summed E-state index contributed by atoms with van der Waals surface area (Å²) < 4.78 is 0. The van der Waals surface area contributed by atoms with E-state index >= 15 is 0 Å². The molecule has 1 aromatic carbocycles. The number of hydrogen-bond donors (Lipinski definition) is 0. The molecule has 0 aliphatic rings. The average molecular weight is 316 g/mol. The van der Waals surface area contributed by atoms with Crippen LogP contribution in [0.15, 0.2) is 24.3 Å². The monoisotopic (exact) mass is 316 g/mol. The number of aryl methyl sites for hydroxylation is 2. The molecule has 0 saturated carbocycles. The van der Waals surface area contributed by atoms with Crippen LogP contribution in [0.1, 0.15) is 52.3 Å². The standard InChI is InChI=1S/C18H24N2OS/c1-12-16(22-13(2)19-12)17(21)20(6)11-14-7-9-15(10-8-14)18(3,4)5/h7-10H,11H2,1-6H3. The minimum atomic E-state index is 0.0444. The first kappa shape index (κ1) is 16.7. The summed E-state index contributed by atoms with van der Waals surface area (Å²) in [7, 11) is 1.84. The lowest BCUT2D eigenvalue weighted by molar-refractivity contribution is 0.0789. The highest BCUT2D eigenvalue weighted by Crippen LogP contribution is 2.23. The van der Waals surface area contributed by atoms with Crippen molar-refractivity contribution in [3.63, 3.8) is 0 Å². The van der Waals surface area contributed by atoms with E-state index in [0.717, 1.165) is 21.1 Å². The largest absolute Gasteiger partial charge is 0.337 e. The fraction of sp³-hybridized carbons (Fsp3) is 0.444. The predicted octanol–water partition coefficient (Wildman–Crippen LogP) is 4.33. The molecule has 0 bridgehead atoms. The van der Waals surface area contributed by atoms with Gasteiger partial charge < -0.3 is 4.90 Å². The zero-order valence-corrected chi connectivity index (χ0v) is 15.0. The van der Waals surface area contributed by atoms with Gasteiger partial charge >= 0.3 is 0 Å². The average Bonchev–Trinajstić information content (AvgIpc) is 2.76. The molecule has 2 aromatic rings. The van der Waals surface area contributed by atoms with Crippen molar-refractivity contribution in [1.82, 2.24) is 9.88 Å². The number of aromatic nitrogens is 1. The molecule has 0 fully saturated rings. The van der Waals surface area contributed by atoms with E-state index in [1.165, 1.54) is 16.9 Å². The van der Waals surface area contributed by atoms with E-state index in [9.17, 15) is 4.79 Å². The minimum Gasteiger partial charge on any atom is -0.337 e. The minimum absolute atomic E-state index is 0.0444. The third-order valence-electron chi connectivity index (χ3n) is 3.68. The maximum Gasteiger partial charge on any atom is 0.265 e. The van der Waals surface area contributed by atoms with Gasteiger partial charge in [-0.3, -0.25) is 4.79 Å². The van der Waals surface area contributed by atoms with Gasteiger partial charge in [-0.1, -0.05) is 45.0 Å². The maximum atomic E-state index is 12.5. The second-order valence-electron chi connectivity index (χ2n) is 6.76. The van der Waals surface area contributed by atoms with Crippen LogP contribution >= 0.6 is 11.3 Å². The van der Waals surface area contributed by atoms with E-state index in [1.807, 2.05) is 20.9 Å². The summed E-state index contributed by atoms with van der Waals surface area (Å²) >= 11 is 1.46. The van der Waals surface area contributed by atoms with Gasteiger partial charge in [0.1, 0.15) is 4.88 Å². The van der Waals surface area contributed by atoms with E-state index in [0.29, 0.717) is 6.54 Å². The highest BCUT2D eigenvalue weighted by Gasteiger charge is 2.18. The Kier molecular flexibility index (Phi) is 4.71. The zero-order chi connectivity index (χ0) is 16.5. The number of rotatable bonds is 3. The lowest BCUT2D eigenvalue weighted by Gasteiger charge is -2.20. The number of carbonyl (C=O) groups excluding carboxylic acids is 1. The van der Waals surface area contributed by atoms with Crippen molar-refractivity contribution < 1.29 is 4.79 Å². The fourth-order valence-corrected chi connectivity index (χ4v) is 3.27. The Morgan fingerprint density at radius 1 is 1.18 bits per heavy atom. The summed E-state index contributed by atoms with van der Waals surface area (Å²) in [6, 6.07) is 8.51. The van der Waals surface area contributed by atoms with Gasteiger partial charge in [0.2, 0.25) is 0 Å². The second kappa shape index (κ2) is 6.21. The summed E-state index contributed by atoms with van der Waals surface area (Å²) in [5.41, 5.74) is 3.42. The second-order valence-corrected chi connectivity index (χ2v) is 7.96. The molecule has 0 unspecified atom stereocenters. The van der Waals surface area contributed by atoms with Crippen LogP contribution < -0.4 is 0 Å². The number of nitrogens with zero attached hydrogens (tertiary/aromatic N) is 2. The molecule has 2 rings (SSSR count). The van der Waals surface area contributed by atoms with Crippen molar-refractivity contribution in [3.8, 4) is 0 Å². The number of carbonyl (C=O) groups is 1. The van der Waals surface area contributed by atoms with Gasteiger partial charge in [-0.05, 0) is 30.4 Å². The third kappa shape index (κ3) is 3.74. The number of hydrogen-bond acceptors (Lipinski definition) is 3. The first-order valence-electron chi connectivity index (χ1n) is 7.47. The lowest BCUT2D eigenvalue weighted by atomic mass is 9.87. The summed E-state index contributed by atoms with van der Waals surface area (Å²) in [5.74, 6) is 0.0444. The molecular formula is C18H24N2OS. The molecule has 0 aliphatic heterocycles. The van der Waals surface area contributed by atoms with Crippen LogP contribution in [0.25, 0.3) is 0 Å². The third-order valence-corrected chi connectivity index (χ3v) is 4.75. The Morgan fingerprint density at radius 2 is 1.77 bits per heavy atom. The first-order chi connectivity index (χ1) is 10.2. The molecule has 4 heteroatoms. The summed E-state index contributed by atoms with van der Waals surface area (Å²) in [4.78, 5) is 19.3. The fourth-order valence-electron chi connectivity index (χ4n) is 2.36. The van der Waals surface area contributed by atoms with E-state index in [-0.39, 0.29) is 11.3 Å². The Labute approximate surface area is 137 Å². The van der Waals surface area contributed by atoms with Gasteiger partial charge in [0.25, 0.3) is 5.91 Å². The maximum absolute atomic E-state index is 12.5. The van der Waals surface area contributed by atoms with Crippen molar-refractivity contribution in [2.75, 3.05) is 7.05 Å². The van der Waals surface area contributed by atoms with Crippen molar-refractivity contribution in [2.24, 2.45) is 0 Å². The van der Waals surface area contributed by atoms with Gasteiger partial charge in [-0.25, -0.2) is 4.98 Å². The highest BCUT2D eigenvalue weighted by atomic mass is 32.1. The smallest absolute Gasteiger partial charge is 0.265 e. The van der Waals surface area contributed by atoms with Crippen molar-refractivity contribution in [1.29, 1.82) is 0 Å². The Balaban J connectivity index is 2.10. The number of thiazole rings is 1. The Hall–Kier alpha value is -1.68. The van der Waals surface area contributed by atoms with Crippen LogP contribution in [0.2, 0.25) is 0 Å². The molecule has 0 saturated heterocycles. The molecule has 118 valence electrons. The van der Waals surface area contributed by atoms with Crippen LogP contribution in [0, 0.1) is 13.8 Å². The molecule has 1 amide bonds. The normalized spacial score (nSPS) is 11.5. The topological polar surface area (TPSA) is 33.2 Å². The Bertz CT molecular complexity index is 665. The van der Waals surface area contributed by atoms with Gasteiger partial charge in [0.15, 0.2) is 0 Å². The van der Waals surface area contributed by atoms with Gasteiger partial charge in [0.05, 0.1) is 10.7 Å². The van der Waals surface area contributed by atoms with E-state index in [4.69, 9.17) is 0 Å². The van der Waals surface area contributed by atoms with Gasteiger partial charge in [-0.15, -0.1) is 11.3 Å². The van der Waals surface area contributed by atoms with Crippen molar-refractivity contribution in [2.45, 2.75) is 46.6 Å². The molecule has 0 N–H and O–H groups in total. The molecule has 1 aromatic heterocycles. The molecule has 0 spiro atoms. The van der Waals surface area contributed by atoms with Crippen molar-refractivity contribution in [3.05, 3.63) is 51.0 Å². The molecule has 0 radical (unpaired) electrons. The number of benzene rings is 1. The van der Waals surface area contributed by atoms with Crippen LogP contribution in [0.4, 0.5) is 0 Å². The zero-order valence-electron chi connectivity index (χ0n) is 14.2. The summed E-state index contributed by atoms with van der Waals surface area (Å²) in [5, 5.41) is 0.934. The lowest BCUT2D eigenvalue weighted by Crippen LogP contribution is -2.26. The molecular weight excluding hydrogens is 292 g/mol. The van der Waals surface area contributed by atoms with E-state index < -0.39 is 0 Å². The predicted molar refractivity (Wildman–Crippen MR) is 92.5 cm³/mol. The van der Waals surface area contributed by atoms with Gasteiger partial charge in [-0.2, -0.15) is 0 Å². The first-order valence-corrected chi connectivity index (χ1v) is 8.29. The van der Waals surface area contributed by atoms with Crippen LogP contribution in [-0.2, 0) is 12.0 Å². The molecule has 22 heavy (non-hydrogen) atoms. The van der Waals surface area contributed by atoms with Crippen LogP contribution in [0.3, 0.4) is 0 Å².